The van der Waals surface area contributed by atoms with E-state index in [2.05, 4.69) is 5.32 Å². The number of hydrogen-bond acceptors (Lipinski definition) is 4. The first-order valence-electron chi connectivity index (χ1n) is 4.56. The number of nitrogens with one attached hydrogen (secondary N) is 1. The van der Waals surface area contributed by atoms with Crippen molar-refractivity contribution < 1.29 is 15.0 Å². The molecule has 0 saturated heterocycles. The van der Waals surface area contributed by atoms with Crippen molar-refractivity contribution in [2.24, 2.45) is 5.73 Å². The van der Waals surface area contributed by atoms with Crippen LogP contribution in [0.4, 0.5) is 5.69 Å². The Labute approximate surface area is 87.5 Å². The number of aliphatic carboxylic acids is 1. The minimum absolute atomic E-state index is 0.206. The molecule has 0 saturated carbocycles. The number of carboxylic acids is 1. The van der Waals surface area contributed by atoms with Crippen LogP contribution in [0.2, 0.25) is 0 Å². The number of aliphatic hydroxyl groups excluding tert-OH is 1. The summed E-state index contributed by atoms with van der Waals surface area (Å²) < 4.78 is 0. The van der Waals surface area contributed by atoms with Gasteiger partial charge in [-0.15, -0.1) is 0 Å². The third-order valence-corrected chi connectivity index (χ3v) is 1.97. The van der Waals surface area contributed by atoms with Crippen LogP contribution in [0.5, 0.6) is 0 Å². The van der Waals surface area contributed by atoms with Crippen LogP contribution < -0.4 is 11.1 Å². The monoisotopic (exact) mass is 210 g/mol. The number of aliphatic hydroxyl groups is 1. The second-order valence-corrected chi connectivity index (χ2v) is 3.19. The molecule has 2 atom stereocenters. The Bertz CT molecular complexity index is 316. The van der Waals surface area contributed by atoms with Crippen LogP contribution in [0.25, 0.3) is 0 Å². The average Bonchev–Trinajstić information content (AvgIpc) is 2.26. The zero-order chi connectivity index (χ0) is 11.3. The van der Waals surface area contributed by atoms with Gasteiger partial charge in [0, 0.05) is 12.2 Å². The quantitative estimate of drug-likeness (QED) is 0.543. The number of nitrogens with two attached hydrogens (primary N) is 1. The number of benzene rings is 1. The Kier molecular flexibility index (Phi) is 4.08. The average molecular weight is 210 g/mol. The number of para-hydroxylation sites is 1. The van der Waals surface area contributed by atoms with Crippen LogP contribution in [0, 0.1) is 0 Å². The standard InChI is InChI=1S/C10H14N2O3/c11-8(9(13)10(14)15)6-12-7-4-2-1-3-5-7/h1-5,8-9,12-13H,6,11H2,(H,14,15). The second-order valence-electron chi connectivity index (χ2n) is 3.19. The lowest BCUT2D eigenvalue weighted by Gasteiger charge is -2.16. The summed E-state index contributed by atoms with van der Waals surface area (Å²) in [6, 6.07) is 8.41. The summed E-state index contributed by atoms with van der Waals surface area (Å²) in [7, 11) is 0. The number of anilines is 1. The van der Waals surface area contributed by atoms with Crippen molar-refractivity contribution >= 4 is 11.7 Å². The highest BCUT2D eigenvalue weighted by atomic mass is 16.4. The lowest BCUT2D eigenvalue weighted by molar-refractivity contribution is -0.147. The lowest BCUT2D eigenvalue weighted by atomic mass is 10.1. The molecular weight excluding hydrogens is 196 g/mol. The topological polar surface area (TPSA) is 95.6 Å². The maximum Gasteiger partial charge on any atom is 0.334 e. The van der Waals surface area contributed by atoms with E-state index in [1.54, 1.807) is 0 Å². The molecule has 1 aromatic rings. The van der Waals surface area contributed by atoms with E-state index in [0.717, 1.165) is 5.69 Å². The second kappa shape index (κ2) is 5.33. The molecule has 0 radical (unpaired) electrons. The third kappa shape index (κ3) is 3.57. The predicted octanol–water partition coefficient (Wildman–Crippen LogP) is -0.129. The van der Waals surface area contributed by atoms with Gasteiger partial charge < -0.3 is 21.3 Å². The highest BCUT2D eigenvalue weighted by Gasteiger charge is 2.21. The normalized spacial score (nSPS) is 14.3. The fraction of sp³-hybridized carbons (Fsp3) is 0.300. The van der Waals surface area contributed by atoms with Gasteiger partial charge in [0.05, 0.1) is 6.04 Å². The molecule has 0 heterocycles. The first kappa shape index (κ1) is 11.5. The van der Waals surface area contributed by atoms with E-state index in [4.69, 9.17) is 15.9 Å². The highest BCUT2D eigenvalue weighted by Crippen LogP contribution is 2.04. The summed E-state index contributed by atoms with van der Waals surface area (Å²) in [6.45, 7) is 0.206. The van der Waals surface area contributed by atoms with Gasteiger partial charge in [0.25, 0.3) is 0 Å². The van der Waals surface area contributed by atoms with E-state index in [-0.39, 0.29) is 6.54 Å². The van der Waals surface area contributed by atoms with E-state index < -0.39 is 18.1 Å². The minimum atomic E-state index is -1.54. The predicted molar refractivity (Wildman–Crippen MR) is 56.5 cm³/mol. The van der Waals surface area contributed by atoms with E-state index in [1.165, 1.54) is 0 Å². The summed E-state index contributed by atoms with van der Waals surface area (Å²) in [5.41, 5.74) is 6.31. The van der Waals surface area contributed by atoms with Crippen LogP contribution in [0.1, 0.15) is 0 Å². The SMILES string of the molecule is NC(CNc1ccccc1)C(O)C(=O)O. The number of carboxylic acid groups (broad SMARTS) is 1. The summed E-state index contributed by atoms with van der Waals surface area (Å²) in [4.78, 5) is 10.4. The van der Waals surface area contributed by atoms with E-state index in [0.29, 0.717) is 0 Å². The van der Waals surface area contributed by atoms with Gasteiger partial charge in [0.1, 0.15) is 0 Å². The lowest BCUT2D eigenvalue weighted by Crippen LogP contribution is -2.44. The molecule has 0 spiro atoms. The Balaban J connectivity index is 2.41. The third-order valence-electron chi connectivity index (χ3n) is 1.97. The van der Waals surface area contributed by atoms with Gasteiger partial charge in [-0.2, -0.15) is 0 Å². The molecule has 5 heteroatoms. The molecule has 0 amide bonds. The molecule has 0 aromatic heterocycles. The smallest absolute Gasteiger partial charge is 0.334 e. The Morgan fingerprint density at radius 2 is 2.00 bits per heavy atom. The summed E-state index contributed by atoms with van der Waals surface area (Å²) in [6.07, 6.45) is -1.54. The first-order chi connectivity index (χ1) is 7.11. The zero-order valence-electron chi connectivity index (χ0n) is 8.13. The molecule has 5 N–H and O–H groups in total. The van der Waals surface area contributed by atoms with Crippen LogP contribution in [-0.2, 0) is 4.79 Å². The highest BCUT2D eigenvalue weighted by molar-refractivity contribution is 5.73. The first-order valence-corrected chi connectivity index (χ1v) is 4.56. The molecule has 0 aliphatic heterocycles. The minimum Gasteiger partial charge on any atom is -0.479 e. The van der Waals surface area contributed by atoms with Gasteiger partial charge in [-0.05, 0) is 12.1 Å². The molecule has 0 bridgehead atoms. The van der Waals surface area contributed by atoms with E-state index in [1.807, 2.05) is 30.3 Å². The molecule has 0 aliphatic carbocycles. The fourth-order valence-electron chi connectivity index (χ4n) is 1.09. The van der Waals surface area contributed by atoms with Gasteiger partial charge in [-0.1, -0.05) is 18.2 Å². The van der Waals surface area contributed by atoms with E-state index >= 15 is 0 Å². The van der Waals surface area contributed by atoms with Crippen molar-refractivity contribution in [1.82, 2.24) is 0 Å². The Morgan fingerprint density at radius 1 is 1.40 bits per heavy atom. The van der Waals surface area contributed by atoms with Crippen LogP contribution in [-0.4, -0.2) is 34.9 Å². The van der Waals surface area contributed by atoms with Crippen LogP contribution in [0.15, 0.2) is 30.3 Å². The molecule has 1 rings (SSSR count). The van der Waals surface area contributed by atoms with Crippen molar-refractivity contribution in [3.8, 4) is 0 Å². The summed E-state index contributed by atoms with van der Waals surface area (Å²) in [5, 5.41) is 20.5. The molecule has 15 heavy (non-hydrogen) atoms. The van der Waals surface area contributed by atoms with Crippen molar-refractivity contribution in [3.63, 3.8) is 0 Å². The molecular formula is C10H14N2O3. The molecule has 82 valence electrons. The summed E-state index contributed by atoms with van der Waals surface area (Å²) in [5.74, 6) is -1.31. The van der Waals surface area contributed by atoms with Crippen molar-refractivity contribution in [2.45, 2.75) is 12.1 Å². The van der Waals surface area contributed by atoms with Crippen LogP contribution >= 0.6 is 0 Å². The van der Waals surface area contributed by atoms with Gasteiger partial charge in [0.15, 0.2) is 6.10 Å². The van der Waals surface area contributed by atoms with Gasteiger partial charge in [0.2, 0.25) is 0 Å². The molecule has 1 aromatic carbocycles. The van der Waals surface area contributed by atoms with Crippen LogP contribution in [0.3, 0.4) is 0 Å². The Morgan fingerprint density at radius 3 is 2.53 bits per heavy atom. The van der Waals surface area contributed by atoms with Crippen molar-refractivity contribution in [2.75, 3.05) is 11.9 Å². The number of carbonyl (C=O) groups is 1. The van der Waals surface area contributed by atoms with E-state index in [9.17, 15) is 4.79 Å². The maximum atomic E-state index is 10.4. The molecule has 0 fully saturated rings. The van der Waals surface area contributed by atoms with Crippen molar-refractivity contribution in [1.29, 1.82) is 0 Å². The maximum absolute atomic E-state index is 10.4. The number of hydrogen-bond donors (Lipinski definition) is 4. The largest absolute Gasteiger partial charge is 0.479 e. The van der Waals surface area contributed by atoms with Gasteiger partial charge in [-0.25, -0.2) is 4.79 Å². The van der Waals surface area contributed by atoms with Gasteiger partial charge >= 0.3 is 5.97 Å². The van der Waals surface area contributed by atoms with Crippen molar-refractivity contribution in [3.05, 3.63) is 30.3 Å². The zero-order valence-corrected chi connectivity index (χ0v) is 8.13. The molecule has 0 aliphatic rings. The summed E-state index contributed by atoms with van der Waals surface area (Å²) >= 11 is 0. The number of rotatable bonds is 5. The molecule has 5 nitrogen and oxygen atoms in total. The fourth-order valence-corrected chi connectivity index (χ4v) is 1.09. The Hall–Kier alpha value is -1.59. The molecule has 2 unspecified atom stereocenters. The van der Waals surface area contributed by atoms with Gasteiger partial charge in [-0.3, -0.25) is 0 Å².